The van der Waals surface area contributed by atoms with E-state index in [4.69, 9.17) is 23.2 Å². The molecular weight excluding hydrogens is 1060 g/mol. The van der Waals surface area contributed by atoms with Gasteiger partial charge in [-0.1, -0.05) is 86.9 Å². The predicted molar refractivity (Wildman–Crippen MR) is 237 cm³/mol. The highest BCUT2D eigenvalue weighted by Crippen LogP contribution is 2.40. The highest BCUT2D eigenvalue weighted by molar-refractivity contribution is 9.11. The van der Waals surface area contributed by atoms with Crippen molar-refractivity contribution in [3.63, 3.8) is 0 Å². The Morgan fingerprint density at radius 2 is 0.862 bits per heavy atom. The summed E-state index contributed by atoms with van der Waals surface area (Å²) in [5, 5.41) is 32.7. The lowest BCUT2D eigenvalue weighted by Gasteiger charge is -2.05. The van der Waals surface area contributed by atoms with E-state index in [0.717, 1.165) is 32.3 Å². The molecule has 6 N–H and O–H groups in total. The molecular formula is C42H23Br4Cl2F4N3O3. The molecule has 0 aliphatic heterocycles. The Morgan fingerprint density at radius 3 is 1.36 bits per heavy atom. The molecule has 0 aliphatic carbocycles. The van der Waals surface area contributed by atoms with Crippen molar-refractivity contribution in [3.05, 3.63) is 154 Å². The topological polar surface area (TPSA) is 108 Å². The first-order chi connectivity index (χ1) is 27.6. The maximum absolute atomic E-state index is 14.4. The van der Waals surface area contributed by atoms with Crippen molar-refractivity contribution in [1.82, 2.24) is 15.0 Å². The summed E-state index contributed by atoms with van der Waals surface area (Å²) in [6.07, 6.45) is 0. The van der Waals surface area contributed by atoms with Crippen LogP contribution >= 0.6 is 86.9 Å². The van der Waals surface area contributed by atoms with Gasteiger partial charge in [0.15, 0.2) is 5.82 Å². The molecule has 0 aliphatic rings. The molecule has 294 valence electrons. The SMILES string of the molecule is Oc1cc(Br)cc(F)c1-c1[nH]c2ccc(Cl)cc2c1F.Oc1cc(Br)cc(F)c1-c1cc2cc(Br)ccc2[nH]1.Oc1cc(Br)cc(F)c1-c1cc2cc(Cl)ccc2[nH]1. The number of hydrogen-bond acceptors (Lipinski definition) is 3. The molecule has 0 spiro atoms. The van der Waals surface area contributed by atoms with E-state index in [1.54, 1.807) is 30.3 Å². The van der Waals surface area contributed by atoms with E-state index in [9.17, 15) is 32.9 Å². The Hall–Kier alpha value is -4.44. The zero-order valence-electron chi connectivity index (χ0n) is 28.9. The van der Waals surface area contributed by atoms with Gasteiger partial charge >= 0.3 is 0 Å². The number of halogens is 10. The molecule has 6 nitrogen and oxygen atoms in total. The molecule has 0 saturated carbocycles. The summed E-state index contributed by atoms with van der Waals surface area (Å²) in [5.41, 5.74) is 3.27. The Labute approximate surface area is 370 Å². The van der Waals surface area contributed by atoms with Crippen molar-refractivity contribution >= 4 is 120 Å². The van der Waals surface area contributed by atoms with Crippen molar-refractivity contribution in [2.75, 3.05) is 0 Å². The van der Waals surface area contributed by atoms with Crippen LogP contribution in [0, 0.1) is 23.3 Å². The van der Waals surface area contributed by atoms with E-state index in [1.807, 2.05) is 30.3 Å². The van der Waals surface area contributed by atoms with Gasteiger partial charge in [-0.05, 0) is 103 Å². The fraction of sp³-hybridized carbons (Fsp3) is 0. The lowest BCUT2D eigenvalue weighted by molar-refractivity contribution is 0.470. The van der Waals surface area contributed by atoms with Crippen molar-refractivity contribution in [1.29, 1.82) is 0 Å². The van der Waals surface area contributed by atoms with Crippen LogP contribution in [0.15, 0.2) is 121 Å². The van der Waals surface area contributed by atoms with Crippen LogP contribution < -0.4 is 0 Å². The number of fused-ring (bicyclic) bond motifs is 3. The fourth-order valence-electron chi connectivity index (χ4n) is 6.24. The molecule has 16 heteroatoms. The third-order valence-corrected chi connectivity index (χ3v) is 11.1. The third kappa shape index (κ3) is 8.77. The van der Waals surface area contributed by atoms with Gasteiger partial charge in [0.2, 0.25) is 0 Å². The van der Waals surface area contributed by atoms with Crippen LogP contribution in [0.4, 0.5) is 17.6 Å². The first-order valence-electron chi connectivity index (χ1n) is 16.6. The summed E-state index contributed by atoms with van der Waals surface area (Å²) in [5.74, 6) is -2.93. The Balaban J connectivity index is 0.000000132. The number of aromatic amines is 3. The van der Waals surface area contributed by atoms with E-state index in [2.05, 4.69) is 78.7 Å². The van der Waals surface area contributed by atoms with Gasteiger partial charge in [-0.15, -0.1) is 0 Å². The molecule has 0 unspecified atom stereocenters. The van der Waals surface area contributed by atoms with E-state index >= 15 is 0 Å². The lowest BCUT2D eigenvalue weighted by Crippen LogP contribution is -1.88. The highest BCUT2D eigenvalue weighted by Gasteiger charge is 2.21. The monoisotopic (exact) mass is 1080 g/mol. The second-order valence-corrected chi connectivity index (χ2v) is 17.2. The summed E-state index contributed by atoms with van der Waals surface area (Å²) in [7, 11) is 0. The normalized spacial score (nSPS) is 11.1. The van der Waals surface area contributed by atoms with Crippen LogP contribution in [0.2, 0.25) is 10.0 Å². The average molecular weight is 1080 g/mol. The van der Waals surface area contributed by atoms with Crippen molar-refractivity contribution in [3.8, 4) is 51.0 Å². The molecule has 58 heavy (non-hydrogen) atoms. The molecule has 9 aromatic rings. The molecule has 3 heterocycles. The van der Waals surface area contributed by atoms with Crippen LogP contribution in [-0.2, 0) is 0 Å². The van der Waals surface area contributed by atoms with Crippen LogP contribution in [0.1, 0.15) is 0 Å². The number of benzene rings is 6. The summed E-state index contributed by atoms with van der Waals surface area (Å²) >= 11 is 24.5. The Bertz CT molecular complexity index is 2840. The number of phenols is 3. The number of H-pyrrole nitrogens is 3. The molecule has 6 aromatic carbocycles. The van der Waals surface area contributed by atoms with Crippen LogP contribution in [0.25, 0.3) is 66.5 Å². The standard InChI is InChI=1S/C14H8Br2FNO.C14H7BrClF2NO.C14H8BrClFNO/c15-8-1-2-11-7(3-8)4-12(18-11)14-10(17)5-9(16)6-13(14)19;15-6-3-9(17)12(11(20)4-6)14-13(18)8-5-7(16)1-2-10(8)19-14;15-8-5-10(17)14(13(19)6-8)12-4-7-3-9(16)1-2-11(7)18-12/h1-6,18-19H;1-5,19-20H;1-6,18-19H. The molecule has 0 atom stereocenters. The minimum absolute atomic E-state index is 0.0995. The molecule has 0 fully saturated rings. The summed E-state index contributed by atoms with van der Waals surface area (Å²) in [4.78, 5) is 8.93. The van der Waals surface area contributed by atoms with Gasteiger partial charge in [0.25, 0.3) is 0 Å². The quantitative estimate of drug-likeness (QED) is 0.0992. The summed E-state index contributed by atoms with van der Waals surface area (Å²) in [6.45, 7) is 0. The van der Waals surface area contributed by atoms with E-state index in [-0.39, 0.29) is 45.0 Å². The van der Waals surface area contributed by atoms with Crippen LogP contribution in [0.3, 0.4) is 0 Å². The molecule has 3 aromatic heterocycles. The van der Waals surface area contributed by atoms with Gasteiger partial charge in [0, 0.05) is 60.6 Å². The number of aromatic hydroxyl groups is 3. The Morgan fingerprint density at radius 1 is 0.431 bits per heavy atom. The summed E-state index contributed by atoms with van der Waals surface area (Å²) < 4.78 is 58.6. The Kier molecular flexibility index (Phi) is 12.3. The molecule has 0 saturated heterocycles. The van der Waals surface area contributed by atoms with Gasteiger partial charge in [0.1, 0.15) is 34.7 Å². The number of aromatic nitrogens is 3. The van der Waals surface area contributed by atoms with Gasteiger partial charge in [0.05, 0.1) is 33.8 Å². The van der Waals surface area contributed by atoms with Gasteiger partial charge < -0.3 is 30.3 Å². The van der Waals surface area contributed by atoms with Crippen molar-refractivity contribution in [2.45, 2.75) is 0 Å². The average Bonchev–Trinajstić information content (AvgIpc) is 3.82. The van der Waals surface area contributed by atoms with Gasteiger partial charge in [-0.3, -0.25) is 0 Å². The second-order valence-electron chi connectivity index (χ2n) is 12.7. The number of phenolic OH excluding ortho intramolecular Hbond substituents is 3. The number of nitrogens with one attached hydrogen (secondary N) is 3. The minimum atomic E-state index is -0.728. The zero-order chi connectivity index (χ0) is 41.6. The number of rotatable bonds is 3. The first kappa shape index (κ1) is 41.7. The molecule has 9 rings (SSSR count). The first-order valence-corrected chi connectivity index (χ1v) is 20.6. The van der Waals surface area contributed by atoms with Crippen molar-refractivity contribution < 1.29 is 32.9 Å². The minimum Gasteiger partial charge on any atom is -0.507 e. The van der Waals surface area contributed by atoms with E-state index in [0.29, 0.717) is 40.4 Å². The third-order valence-electron chi connectivity index (χ3n) is 8.75. The predicted octanol–water partition coefficient (Wildman–Crippen LogP) is 15.5. The summed E-state index contributed by atoms with van der Waals surface area (Å²) in [6, 6.07) is 27.3. The molecule has 0 radical (unpaired) electrons. The molecule has 0 amide bonds. The van der Waals surface area contributed by atoms with E-state index < -0.39 is 23.3 Å². The fourth-order valence-corrected chi connectivity index (χ4v) is 8.23. The lowest BCUT2D eigenvalue weighted by atomic mass is 10.1. The highest BCUT2D eigenvalue weighted by atomic mass is 79.9. The van der Waals surface area contributed by atoms with E-state index in [1.165, 1.54) is 36.4 Å². The zero-order valence-corrected chi connectivity index (χ0v) is 36.8. The maximum Gasteiger partial charge on any atom is 0.156 e. The van der Waals surface area contributed by atoms with Crippen LogP contribution in [0.5, 0.6) is 17.2 Å². The smallest absolute Gasteiger partial charge is 0.156 e. The van der Waals surface area contributed by atoms with Crippen molar-refractivity contribution in [2.24, 2.45) is 0 Å². The maximum atomic E-state index is 14.4. The van der Waals surface area contributed by atoms with Gasteiger partial charge in [-0.2, -0.15) is 0 Å². The largest absolute Gasteiger partial charge is 0.507 e. The number of hydrogen-bond donors (Lipinski definition) is 6. The van der Waals surface area contributed by atoms with Crippen LogP contribution in [-0.4, -0.2) is 30.3 Å². The molecule has 0 bridgehead atoms. The van der Waals surface area contributed by atoms with Gasteiger partial charge in [-0.25, -0.2) is 17.6 Å². The second kappa shape index (κ2) is 17.0.